The van der Waals surface area contributed by atoms with Gasteiger partial charge < -0.3 is 20.9 Å². The number of carboxylic acids is 1. The summed E-state index contributed by atoms with van der Waals surface area (Å²) in [6.07, 6.45) is 1.01. The predicted molar refractivity (Wildman–Crippen MR) is 103 cm³/mol. The Labute approximate surface area is 168 Å². The number of hydrogen-bond donors (Lipinski definition) is 4. The van der Waals surface area contributed by atoms with Crippen LogP contribution in [0.3, 0.4) is 0 Å². The van der Waals surface area contributed by atoms with E-state index >= 15 is 0 Å². The molecule has 1 saturated heterocycles. The number of aliphatic carboxylic acids is 1. The summed E-state index contributed by atoms with van der Waals surface area (Å²) in [5.41, 5.74) is 3.90. The summed E-state index contributed by atoms with van der Waals surface area (Å²) < 4.78 is 26.9. The lowest BCUT2D eigenvalue weighted by atomic mass is 9.77. The first-order valence-electron chi connectivity index (χ1n) is 9.12. The third kappa shape index (κ3) is 5.11. The van der Waals surface area contributed by atoms with E-state index in [0.29, 0.717) is 12.8 Å². The summed E-state index contributed by atoms with van der Waals surface area (Å²) in [5.74, 6) is -1.95. The van der Waals surface area contributed by atoms with E-state index in [1.165, 1.54) is 12.1 Å². The fourth-order valence-corrected chi connectivity index (χ4v) is 5.22. The largest absolute Gasteiger partial charge is 0.480 e. The monoisotopic (exact) mass is 429 g/mol. The molecule has 2 rings (SSSR count). The van der Waals surface area contributed by atoms with Crippen molar-refractivity contribution >= 4 is 28.8 Å². The highest BCUT2D eigenvalue weighted by Gasteiger charge is 2.47. The lowest BCUT2D eigenvalue weighted by molar-refractivity contribution is -0.387. The molecule has 2 atom stereocenters. The van der Waals surface area contributed by atoms with Crippen LogP contribution in [-0.4, -0.2) is 64.5 Å². The van der Waals surface area contributed by atoms with Crippen molar-refractivity contribution in [1.29, 1.82) is 0 Å². The van der Waals surface area contributed by atoms with Gasteiger partial charge in [-0.3, -0.25) is 14.9 Å². The summed E-state index contributed by atoms with van der Waals surface area (Å²) in [7, 11) is -5.68. The maximum Gasteiger partial charge on any atom is 0.451 e. The minimum atomic E-state index is -4.19. The second-order valence-corrected chi connectivity index (χ2v) is 9.05. The van der Waals surface area contributed by atoms with Gasteiger partial charge in [0, 0.05) is 25.1 Å². The second-order valence-electron chi connectivity index (χ2n) is 7.15. The predicted octanol–water partition coefficient (Wildman–Crippen LogP) is 0.0306. The van der Waals surface area contributed by atoms with E-state index in [9.17, 15) is 28.4 Å². The number of nitro groups is 1. The average molecular weight is 429 g/mol. The molecular formula is C16H24BN3O8S. The van der Waals surface area contributed by atoms with Crippen LogP contribution in [0.2, 0.25) is 6.32 Å². The molecule has 1 aliphatic heterocycles. The van der Waals surface area contributed by atoms with Crippen molar-refractivity contribution in [2.45, 2.75) is 42.4 Å². The minimum absolute atomic E-state index is 0.000628. The standard InChI is InChI=1S/C16H24BN3O8S/c18-16(15(21)22,8-3-4-9-17(23)24)12-7-10-19(11-12)29(27,28)14-6-2-1-5-13(14)20(25)26/h1-2,5-6,12,23-24H,3-4,7-11,18H2,(H,21,22). The third-order valence-corrected chi connectivity index (χ3v) is 7.17. The molecule has 0 spiro atoms. The van der Waals surface area contributed by atoms with Crippen molar-refractivity contribution in [3.63, 3.8) is 0 Å². The van der Waals surface area contributed by atoms with Crippen LogP contribution in [0, 0.1) is 16.0 Å². The third-order valence-electron chi connectivity index (χ3n) is 5.26. The Balaban J connectivity index is 2.18. The number of benzene rings is 1. The van der Waals surface area contributed by atoms with Gasteiger partial charge in [-0.2, -0.15) is 4.31 Å². The van der Waals surface area contributed by atoms with Gasteiger partial charge in [-0.15, -0.1) is 0 Å². The zero-order chi connectivity index (χ0) is 21.8. The van der Waals surface area contributed by atoms with E-state index in [4.69, 9.17) is 15.8 Å². The molecule has 0 radical (unpaired) electrons. The van der Waals surface area contributed by atoms with Crippen LogP contribution in [0.15, 0.2) is 29.2 Å². The van der Waals surface area contributed by atoms with Crippen molar-refractivity contribution in [3.05, 3.63) is 34.4 Å². The van der Waals surface area contributed by atoms with E-state index in [-0.39, 0.29) is 32.3 Å². The van der Waals surface area contributed by atoms with Crippen LogP contribution in [-0.2, 0) is 14.8 Å². The van der Waals surface area contributed by atoms with E-state index in [0.717, 1.165) is 16.4 Å². The first-order valence-corrected chi connectivity index (χ1v) is 10.6. The topological polar surface area (TPSA) is 184 Å². The van der Waals surface area contributed by atoms with Gasteiger partial charge in [-0.25, -0.2) is 8.42 Å². The molecule has 1 fully saturated rings. The molecule has 29 heavy (non-hydrogen) atoms. The number of nitrogens with zero attached hydrogens (tertiary/aromatic N) is 2. The Bertz CT molecular complexity index is 865. The summed E-state index contributed by atoms with van der Waals surface area (Å²) in [6, 6.07) is 4.99. The number of nitrogens with two attached hydrogens (primary N) is 1. The van der Waals surface area contributed by atoms with Gasteiger partial charge in [-0.1, -0.05) is 25.0 Å². The molecule has 1 aromatic carbocycles. The quantitative estimate of drug-likeness (QED) is 0.172. The number of sulfonamides is 1. The molecule has 0 bridgehead atoms. The van der Waals surface area contributed by atoms with Gasteiger partial charge in [-0.05, 0) is 25.2 Å². The van der Waals surface area contributed by atoms with Crippen LogP contribution in [0.25, 0.3) is 0 Å². The number of unbranched alkanes of at least 4 members (excludes halogenated alkanes) is 1. The first-order chi connectivity index (χ1) is 13.5. The minimum Gasteiger partial charge on any atom is -0.480 e. The fourth-order valence-electron chi connectivity index (χ4n) is 3.56. The maximum absolute atomic E-state index is 12.9. The molecule has 5 N–H and O–H groups in total. The molecular weight excluding hydrogens is 405 g/mol. The van der Waals surface area contributed by atoms with Gasteiger partial charge in [0.15, 0.2) is 4.90 Å². The highest BCUT2D eigenvalue weighted by molar-refractivity contribution is 7.89. The lowest BCUT2D eigenvalue weighted by Gasteiger charge is -2.31. The van der Waals surface area contributed by atoms with Crippen LogP contribution in [0.5, 0.6) is 0 Å². The molecule has 0 aromatic heterocycles. The number of rotatable bonds is 10. The normalized spacial score (nSPS) is 19.6. The Hall–Kier alpha value is -2.06. The molecule has 0 saturated carbocycles. The van der Waals surface area contributed by atoms with Crippen LogP contribution in [0.1, 0.15) is 25.7 Å². The van der Waals surface area contributed by atoms with Gasteiger partial charge in [0.1, 0.15) is 5.54 Å². The Kier molecular flexibility index (Phi) is 7.35. The molecule has 1 aliphatic rings. The van der Waals surface area contributed by atoms with E-state index < -0.39 is 50.1 Å². The van der Waals surface area contributed by atoms with Crippen molar-refractivity contribution in [3.8, 4) is 0 Å². The Morgan fingerprint density at radius 3 is 2.59 bits per heavy atom. The molecule has 11 nitrogen and oxygen atoms in total. The van der Waals surface area contributed by atoms with Crippen molar-refractivity contribution < 1.29 is 33.3 Å². The number of carbonyl (C=O) groups is 1. The molecule has 1 aromatic rings. The first kappa shape index (κ1) is 23.2. The van der Waals surface area contributed by atoms with Crippen LogP contribution >= 0.6 is 0 Å². The van der Waals surface area contributed by atoms with Crippen molar-refractivity contribution in [2.24, 2.45) is 11.7 Å². The lowest BCUT2D eigenvalue weighted by Crippen LogP contribution is -2.55. The van der Waals surface area contributed by atoms with E-state index in [2.05, 4.69) is 0 Å². The summed E-state index contributed by atoms with van der Waals surface area (Å²) in [5, 5.41) is 38.6. The van der Waals surface area contributed by atoms with E-state index in [1.54, 1.807) is 0 Å². The van der Waals surface area contributed by atoms with Gasteiger partial charge >= 0.3 is 13.1 Å². The summed E-state index contributed by atoms with van der Waals surface area (Å²) in [4.78, 5) is 21.8. The van der Waals surface area contributed by atoms with Crippen molar-refractivity contribution in [2.75, 3.05) is 13.1 Å². The second kappa shape index (κ2) is 9.18. The molecule has 2 unspecified atom stereocenters. The van der Waals surface area contributed by atoms with Gasteiger partial charge in [0.25, 0.3) is 5.69 Å². The average Bonchev–Trinajstić information content (AvgIpc) is 3.16. The molecule has 160 valence electrons. The smallest absolute Gasteiger partial charge is 0.451 e. The van der Waals surface area contributed by atoms with Gasteiger partial charge in [0.05, 0.1) is 4.92 Å². The summed E-state index contributed by atoms with van der Waals surface area (Å²) in [6.45, 7) is -0.166. The maximum atomic E-state index is 12.9. The highest BCUT2D eigenvalue weighted by Crippen LogP contribution is 2.35. The molecule has 0 amide bonds. The number of nitro benzene ring substituents is 1. The van der Waals surface area contributed by atoms with Crippen LogP contribution in [0.4, 0.5) is 5.69 Å². The van der Waals surface area contributed by atoms with Crippen LogP contribution < -0.4 is 5.73 Å². The molecule has 13 heteroatoms. The van der Waals surface area contributed by atoms with Gasteiger partial charge in [0.2, 0.25) is 10.0 Å². The number of hydrogen-bond acceptors (Lipinski definition) is 8. The Morgan fingerprint density at radius 1 is 1.34 bits per heavy atom. The Morgan fingerprint density at radius 2 is 2.00 bits per heavy atom. The fraction of sp³-hybridized carbons (Fsp3) is 0.562. The van der Waals surface area contributed by atoms with E-state index in [1.807, 2.05) is 0 Å². The summed E-state index contributed by atoms with van der Waals surface area (Å²) >= 11 is 0. The SMILES string of the molecule is NC(CCCCB(O)O)(C(=O)O)C1CCN(S(=O)(=O)c2ccccc2[N+](=O)[O-])C1. The zero-order valence-electron chi connectivity index (χ0n) is 15.7. The zero-order valence-corrected chi connectivity index (χ0v) is 16.5. The number of carboxylic acid groups (broad SMARTS) is 1. The number of para-hydroxylation sites is 1. The van der Waals surface area contributed by atoms with Crippen molar-refractivity contribution in [1.82, 2.24) is 4.31 Å². The highest BCUT2D eigenvalue weighted by atomic mass is 32.2. The molecule has 1 heterocycles. The molecule has 0 aliphatic carbocycles.